The van der Waals surface area contributed by atoms with Crippen LogP contribution in [0.15, 0.2) is 24.3 Å². The number of rotatable bonds is 3. The van der Waals surface area contributed by atoms with Gasteiger partial charge in [-0.2, -0.15) is 0 Å². The van der Waals surface area contributed by atoms with Crippen molar-refractivity contribution in [2.45, 2.75) is 6.92 Å². The first-order valence-electron chi connectivity index (χ1n) is 4.91. The van der Waals surface area contributed by atoms with Crippen LogP contribution in [0.4, 0.5) is 0 Å². The molecule has 0 aliphatic carbocycles. The van der Waals surface area contributed by atoms with Gasteiger partial charge < -0.3 is 9.72 Å². The first-order chi connectivity index (χ1) is 7.76. The van der Waals surface area contributed by atoms with E-state index >= 15 is 0 Å². The number of hydrogen-bond acceptors (Lipinski definition) is 3. The summed E-state index contributed by atoms with van der Waals surface area (Å²) in [4.78, 5) is 17.7. The zero-order valence-electron chi connectivity index (χ0n) is 9.15. The Bertz CT molecular complexity index is 517. The van der Waals surface area contributed by atoms with Gasteiger partial charge in [0, 0.05) is 11.3 Å². The fourth-order valence-electron chi connectivity index (χ4n) is 1.64. The van der Waals surface area contributed by atoms with Crippen molar-refractivity contribution in [3.8, 4) is 17.0 Å². The first-order valence-corrected chi connectivity index (χ1v) is 4.91. The number of ether oxygens (including phenoxy) is 1. The van der Waals surface area contributed by atoms with Crippen LogP contribution in [0.3, 0.4) is 0 Å². The smallest absolute Gasteiger partial charge is 0.185 e. The standard InChI is InChI=1S/C12H12N2O2/c1-8-12(14-11(7-15)13-8)9-5-3-4-6-10(9)16-2/h3-7H,1-2H3,(H,13,14). The van der Waals surface area contributed by atoms with Crippen LogP contribution in [-0.2, 0) is 0 Å². The number of carbonyl (C=O) groups excluding carboxylic acids is 1. The predicted molar refractivity (Wildman–Crippen MR) is 60.7 cm³/mol. The fourth-order valence-corrected chi connectivity index (χ4v) is 1.64. The average molecular weight is 216 g/mol. The molecular formula is C12H12N2O2. The molecule has 0 bridgehead atoms. The van der Waals surface area contributed by atoms with E-state index in [1.165, 1.54) is 0 Å². The Morgan fingerprint density at radius 2 is 2.12 bits per heavy atom. The summed E-state index contributed by atoms with van der Waals surface area (Å²) in [6, 6.07) is 7.58. The van der Waals surface area contributed by atoms with Gasteiger partial charge in [0.2, 0.25) is 0 Å². The molecule has 0 fully saturated rings. The highest BCUT2D eigenvalue weighted by atomic mass is 16.5. The summed E-state index contributed by atoms with van der Waals surface area (Å²) < 4.78 is 5.26. The zero-order valence-corrected chi connectivity index (χ0v) is 9.15. The summed E-state index contributed by atoms with van der Waals surface area (Å²) in [7, 11) is 1.61. The second-order valence-corrected chi connectivity index (χ2v) is 3.41. The molecule has 0 saturated heterocycles. The second kappa shape index (κ2) is 4.18. The van der Waals surface area contributed by atoms with E-state index in [9.17, 15) is 4.79 Å². The number of H-pyrrole nitrogens is 1. The minimum atomic E-state index is 0.332. The Labute approximate surface area is 93.3 Å². The molecule has 0 aliphatic heterocycles. The molecule has 0 amide bonds. The maximum absolute atomic E-state index is 10.6. The number of aromatic amines is 1. The van der Waals surface area contributed by atoms with Gasteiger partial charge in [-0.05, 0) is 19.1 Å². The highest BCUT2D eigenvalue weighted by molar-refractivity contribution is 5.75. The molecule has 0 aliphatic rings. The quantitative estimate of drug-likeness (QED) is 0.800. The largest absolute Gasteiger partial charge is 0.496 e. The number of aryl methyl sites for hydroxylation is 1. The van der Waals surface area contributed by atoms with Crippen molar-refractivity contribution in [1.29, 1.82) is 0 Å². The van der Waals surface area contributed by atoms with E-state index in [4.69, 9.17) is 4.74 Å². The van der Waals surface area contributed by atoms with Gasteiger partial charge in [-0.3, -0.25) is 4.79 Å². The van der Waals surface area contributed by atoms with Gasteiger partial charge in [-0.1, -0.05) is 12.1 Å². The molecule has 2 rings (SSSR count). The summed E-state index contributed by atoms with van der Waals surface area (Å²) in [5.41, 5.74) is 2.48. The van der Waals surface area contributed by atoms with Crippen LogP contribution in [-0.4, -0.2) is 23.4 Å². The van der Waals surface area contributed by atoms with Crippen LogP contribution in [0.25, 0.3) is 11.3 Å². The lowest BCUT2D eigenvalue weighted by atomic mass is 10.1. The van der Waals surface area contributed by atoms with Crippen LogP contribution in [0, 0.1) is 6.92 Å². The molecule has 0 unspecified atom stereocenters. The SMILES string of the molecule is COc1ccccc1-c1nc(C=O)[nH]c1C. The third kappa shape index (κ3) is 1.69. The van der Waals surface area contributed by atoms with Crippen molar-refractivity contribution in [3.63, 3.8) is 0 Å². The number of carbonyl (C=O) groups is 1. The van der Waals surface area contributed by atoms with Gasteiger partial charge in [-0.25, -0.2) is 4.98 Å². The van der Waals surface area contributed by atoms with Gasteiger partial charge in [-0.15, -0.1) is 0 Å². The lowest BCUT2D eigenvalue weighted by molar-refractivity contribution is 0.111. The van der Waals surface area contributed by atoms with E-state index in [1.807, 2.05) is 31.2 Å². The Morgan fingerprint density at radius 1 is 1.38 bits per heavy atom. The van der Waals surface area contributed by atoms with Gasteiger partial charge >= 0.3 is 0 Å². The van der Waals surface area contributed by atoms with Crippen LogP contribution < -0.4 is 4.74 Å². The Morgan fingerprint density at radius 3 is 2.75 bits per heavy atom. The van der Waals surface area contributed by atoms with Crippen molar-refractivity contribution in [2.75, 3.05) is 7.11 Å². The molecule has 0 saturated carbocycles. The van der Waals surface area contributed by atoms with Crippen LogP contribution in [0.1, 0.15) is 16.3 Å². The molecule has 1 aromatic carbocycles. The average Bonchev–Trinajstić information content (AvgIpc) is 2.70. The molecule has 1 aromatic heterocycles. The number of benzene rings is 1. The summed E-state index contributed by atoms with van der Waals surface area (Å²) in [5.74, 6) is 1.08. The molecule has 82 valence electrons. The van der Waals surface area contributed by atoms with E-state index in [-0.39, 0.29) is 0 Å². The lowest BCUT2D eigenvalue weighted by Crippen LogP contribution is -1.89. The number of hydrogen-bond donors (Lipinski definition) is 1. The van der Waals surface area contributed by atoms with Gasteiger partial charge in [0.15, 0.2) is 12.1 Å². The molecule has 0 radical (unpaired) electrons. The Balaban J connectivity index is 2.57. The van der Waals surface area contributed by atoms with Crippen LogP contribution in [0.5, 0.6) is 5.75 Å². The number of methoxy groups -OCH3 is 1. The molecule has 2 aromatic rings. The summed E-state index contributed by atoms with van der Waals surface area (Å²) in [5, 5.41) is 0. The number of nitrogens with one attached hydrogen (secondary N) is 1. The molecule has 16 heavy (non-hydrogen) atoms. The van der Waals surface area contributed by atoms with Crippen molar-refractivity contribution < 1.29 is 9.53 Å². The predicted octanol–water partition coefficient (Wildman–Crippen LogP) is 2.21. The van der Waals surface area contributed by atoms with Crippen molar-refractivity contribution in [2.24, 2.45) is 0 Å². The molecule has 1 N–H and O–H groups in total. The first kappa shape index (κ1) is 10.4. The Hall–Kier alpha value is -2.10. The summed E-state index contributed by atoms with van der Waals surface area (Å²) in [6.07, 6.45) is 0.700. The molecule has 4 heteroatoms. The third-order valence-corrected chi connectivity index (χ3v) is 2.38. The van der Waals surface area contributed by atoms with Gasteiger partial charge in [0.25, 0.3) is 0 Å². The van der Waals surface area contributed by atoms with Crippen molar-refractivity contribution in [3.05, 3.63) is 35.8 Å². The van der Waals surface area contributed by atoms with Crippen LogP contribution in [0.2, 0.25) is 0 Å². The normalized spacial score (nSPS) is 10.1. The highest BCUT2D eigenvalue weighted by Gasteiger charge is 2.12. The van der Waals surface area contributed by atoms with Gasteiger partial charge in [0.1, 0.15) is 5.75 Å². The van der Waals surface area contributed by atoms with Crippen molar-refractivity contribution in [1.82, 2.24) is 9.97 Å². The number of aldehydes is 1. The van der Waals surface area contributed by atoms with E-state index in [1.54, 1.807) is 7.11 Å². The number of imidazole rings is 1. The highest BCUT2D eigenvalue weighted by Crippen LogP contribution is 2.29. The maximum atomic E-state index is 10.6. The number of aromatic nitrogens is 2. The molecule has 1 heterocycles. The topological polar surface area (TPSA) is 55.0 Å². The van der Waals surface area contributed by atoms with Crippen molar-refractivity contribution >= 4 is 6.29 Å². The van der Waals surface area contributed by atoms with E-state index < -0.39 is 0 Å². The lowest BCUT2D eigenvalue weighted by Gasteiger charge is -2.05. The zero-order chi connectivity index (χ0) is 11.5. The third-order valence-electron chi connectivity index (χ3n) is 2.38. The van der Waals surface area contributed by atoms with E-state index in [0.717, 1.165) is 22.7 Å². The fraction of sp³-hybridized carbons (Fsp3) is 0.167. The molecule has 4 nitrogen and oxygen atoms in total. The maximum Gasteiger partial charge on any atom is 0.185 e. The number of nitrogens with zero attached hydrogens (tertiary/aromatic N) is 1. The second-order valence-electron chi connectivity index (χ2n) is 3.41. The molecular weight excluding hydrogens is 204 g/mol. The molecule has 0 spiro atoms. The van der Waals surface area contributed by atoms with Gasteiger partial charge in [0.05, 0.1) is 12.8 Å². The van der Waals surface area contributed by atoms with Crippen LogP contribution >= 0.6 is 0 Å². The minimum absolute atomic E-state index is 0.332. The van der Waals surface area contributed by atoms with E-state index in [2.05, 4.69) is 9.97 Å². The number of para-hydroxylation sites is 1. The summed E-state index contributed by atoms with van der Waals surface area (Å²) >= 11 is 0. The Kier molecular flexibility index (Phi) is 2.72. The monoisotopic (exact) mass is 216 g/mol. The van der Waals surface area contributed by atoms with E-state index in [0.29, 0.717) is 12.1 Å². The minimum Gasteiger partial charge on any atom is -0.496 e. The summed E-state index contributed by atoms with van der Waals surface area (Å²) in [6.45, 7) is 1.88. The molecule has 0 atom stereocenters.